The van der Waals surface area contributed by atoms with Crippen molar-refractivity contribution in [2.75, 3.05) is 26.4 Å². The van der Waals surface area contributed by atoms with E-state index in [1.54, 1.807) is 0 Å². The van der Waals surface area contributed by atoms with Crippen LogP contribution in [0.1, 0.15) is 129 Å². The van der Waals surface area contributed by atoms with Crippen molar-refractivity contribution in [2.45, 2.75) is 234 Å². The average Bonchev–Trinajstić information content (AvgIpc) is 3.28. The number of hydrogen-bond acceptors (Lipinski definition) is 18. The normalized spacial score (nSPS) is 34.9. The molecular formula is C44H81NO18. The van der Waals surface area contributed by atoms with Gasteiger partial charge in [-0.15, -0.1) is 0 Å². The minimum absolute atomic E-state index is 0.255. The van der Waals surface area contributed by atoms with Gasteiger partial charge in [0.2, 0.25) is 5.91 Å². The third-order valence-electron chi connectivity index (χ3n) is 12.1. The van der Waals surface area contributed by atoms with Crippen LogP contribution < -0.4 is 5.32 Å². The van der Waals surface area contributed by atoms with E-state index in [0.717, 1.165) is 57.8 Å². The van der Waals surface area contributed by atoms with Gasteiger partial charge in [0.15, 0.2) is 18.9 Å². The maximum atomic E-state index is 13.1. The average molecular weight is 912 g/mol. The van der Waals surface area contributed by atoms with Gasteiger partial charge in [-0.2, -0.15) is 0 Å². The summed E-state index contributed by atoms with van der Waals surface area (Å²) >= 11 is 0. The predicted octanol–water partition coefficient (Wildman–Crippen LogP) is -0.0852. The second-order valence-electron chi connectivity index (χ2n) is 17.2. The van der Waals surface area contributed by atoms with Crippen molar-refractivity contribution in [1.82, 2.24) is 5.32 Å². The molecule has 0 bridgehead atoms. The number of unbranched alkanes of at least 4 members (excludes halogenated alkanes) is 13. The van der Waals surface area contributed by atoms with Crippen LogP contribution in [0.3, 0.4) is 0 Å². The summed E-state index contributed by atoms with van der Waals surface area (Å²) in [6, 6.07) is -0.882. The van der Waals surface area contributed by atoms with E-state index >= 15 is 0 Å². The lowest BCUT2D eigenvalue weighted by Crippen LogP contribution is -2.66. The van der Waals surface area contributed by atoms with Crippen molar-refractivity contribution >= 4 is 5.91 Å². The van der Waals surface area contributed by atoms with Gasteiger partial charge in [0.05, 0.1) is 38.6 Å². The van der Waals surface area contributed by atoms with Gasteiger partial charge in [0, 0.05) is 6.42 Å². The highest BCUT2D eigenvalue weighted by Crippen LogP contribution is 2.33. The van der Waals surface area contributed by atoms with E-state index in [2.05, 4.69) is 31.3 Å². The number of hydrogen-bond donors (Lipinski definition) is 12. The summed E-state index contributed by atoms with van der Waals surface area (Å²) in [7, 11) is 0. The molecule has 3 aliphatic heterocycles. The van der Waals surface area contributed by atoms with Crippen LogP contribution in [0.25, 0.3) is 0 Å². The van der Waals surface area contributed by atoms with Crippen LogP contribution in [0.2, 0.25) is 0 Å². The molecule has 370 valence electrons. The Morgan fingerprint density at radius 2 is 1.00 bits per heavy atom. The molecule has 17 atom stereocenters. The molecule has 3 rings (SSSR count). The molecule has 3 aliphatic rings. The Bertz CT molecular complexity index is 1230. The standard InChI is InChI=1S/C44H81NO18/c1-3-5-7-9-10-11-12-13-14-15-16-17-18-20-22-32(50)45-27(28(49)21-19-8-6-4-2)26-58-42-38(56)35(53)40(30(24-47)60-42)63-44-39(57)36(54)41(31(25-48)61-44)62-43-37(55)34(52)33(51)29(23-46)59-43/h12-13,27-31,33-44,46-49,51-57H,3-11,14-26H2,1-2H3,(H,45,50)/b13-12-. The maximum absolute atomic E-state index is 13.1. The van der Waals surface area contributed by atoms with Crippen molar-refractivity contribution in [1.29, 1.82) is 0 Å². The zero-order valence-corrected chi connectivity index (χ0v) is 37.3. The van der Waals surface area contributed by atoms with E-state index < -0.39 is 124 Å². The Balaban J connectivity index is 1.53. The van der Waals surface area contributed by atoms with Crippen LogP contribution in [0.5, 0.6) is 0 Å². The van der Waals surface area contributed by atoms with Gasteiger partial charge in [-0.3, -0.25) is 4.79 Å². The quantitative estimate of drug-likeness (QED) is 0.0320. The van der Waals surface area contributed by atoms with Gasteiger partial charge in [0.25, 0.3) is 0 Å². The Labute approximate surface area is 372 Å². The Hall–Kier alpha value is -1.47. The van der Waals surface area contributed by atoms with Gasteiger partial charge in [0.1, 0.15) is 73.2 Å². The summed E-state index contributed by atoms with van der Waals surface area (Å²) in [4.78, 5) is 13.1. The summed E-state index contributed by atoms with van der Waals surface area (Å²) in [6.07, 6.45) is -4.36. The fourth-order valence-electron chi connectivity index (χ4n) is 8.07. The number of nitrogens with one attached hydrogen (secondary N) is 1. The van der Waals surface area contributed by atoms with Crippen LogP contribution in [0.4, 0.5) is 0 Å². The molecule has 0 aromatic rings. The van der Waals surface area contributed by atoms with Crippen LogP contribution >= 0.6 is 0 Å². The molecule has 63 heavy (non-hydrogen) atoms. The number of aliphatic hydroxyl groups excluding tert-OH is 11. The third kappa shape index (κ3) is 17.9. The first-order valence-corrected chi connectivity index (χ1v) is 23.4. The number of carbonyl (C=O) groups excluding carboxylic acids is 1. The third-order valence-corrected chi connectivity index (χ3v) is 12.1. The molecule has 1 amide bonds. The first kappa shape index (κ1) is 55.9. The molecule has 19 heteroatoms. The van der Waals surface area contributed by atoms with E-state index in [0.29, 0.717) is 19.3 Å². The van der Waals surface area contributed by atoms with Gasteiger partial charge in [-0.25, -0.2) is 0 Å². The van der Waals surface area contributed by atoms with Crippen LogP contribution in [-0.2, 0) is 33.2 Å². The molecule has 3 fully saturated rings. The molecule has 0 aromatic carbocycles. The molecule has 17 unspecified atom stereocenters. The molecule has 3 heterocycles. The van der Waals surface area contributed by atoms with E-state index in [1.165, 1.54) is 32.1 Å². The van der Waals surface area contributed by atoms with Crippen molar-refractivity contribution in [2.24, 2.45) is 0 Å². The predicted molar refractivity (Wildman–Crippen MR) is 227 cm³/mol. The largest absolute Gasteiger partial charge is 0.394 e. The van der Waals surface area contributed by atoms with Crippen molar-refractivity contribution in [3.05, 3.63) is 12.2 Å². The number of allylic oxidation sites excluding steroid dienone is 2. The van der Waals surface area contributed by atoms with Crippen molar-refractivity contribution < 1.29 is 89.4 Å². The summed E-state index contributed by atoms with van der Waals surface area (Å²) in [6.45, 7) is 1.58. The molecule has 0 spiro atoms. The molecule has 0 aromatic heterocycles. The van der Waals surface area contributed by atoms with Crippen LogP contribution in [-0.4, -0.2) is 193 Å². The highest BCUT2D eigenvalue weighted by atomic mass is 16.8. The molecular weight excluding hydrogens is 830 g/mol. The number of aliphatic hydroxyl groups is 11. The molecule has 3 saturated heterocycles. The SMILES string of the molecule is CCCCCCC/C=C\CCCCCCCC(=O)NC(COC1OC(CO)C(OC2OC(CO)C(OC3OC(CO)C(O)C(O)C3O)C(O)C2O)C(O)C1O)C(O)CCCCCC. The minimum atomic E-state index is -1.97. The van der Waals surface area contributed by atoms with Crippen molar-refractivity contribution in [3.8, 4) is 0 Å². The monoisotopic (exact) mass is 912 g/mol. The number of rotatable bonds is 31. The highest BCUT2D eigenvalue weighted by molar-refractivity contribution is 5.76. The lowest BCUT2D eigenvalue weighted by Gasteiger charge is -2.48. The highest BCUT2D eigenvalue weighted by Gasteiger charge is 2.53. The van der Waals surface area contributed by atoms with E-state index in [1.807, 2.05) is 0 Å². The van der Waals surface area contributed by atoms with E-state index in [9.17, 15) is 61.0 Å². The zero-order valence-electron chi connectivity index (χ0n) is 37.3. The Morgan fingerprint density at radius 1 is 0.556 bits per heavy atom. The second kappa shape index (κ2) is 30.7. The van der Waals surface area contributed by atoms with Crippen LogP contribution in [0, 0.1) is 0 Å². The Morgan fingerprint density at radius 3 is 1.54 bits per heavy atom. The maximum Gasteiger partial charge on any atom is 0.220 e. The fourth-order valence-corrected chi connectivity index (χ4v) is 8.07. The van der Waals surface area contributed by atoms with E-state index in [4.69, 9.17) is 28.4 Å². The van der Waals surface area contributed by atoms with Crippen LogP contribution in [0.15, 0.2) is 12.2 Å². The van der Waals surface area contributed by atoms with Gasteiger partial charge in [-0.05, 0) is 38.5 Å². The number of amides is 1. The second-order valence-corrected chi connectivity index (χ2v) is 17.2. The Kier molecular flexibility index (Phi) is 27.3. The first-order valence-electron chi connectivity index (χ1n) is 23.4. The van der Waals surface area contributed by atoms with E-state index in [-0.39, 0.29) is 18.9 Å². The molecule has 0 aliphatic carbocycles. The van der Waals surface area contributed by atoms with Gasteiger partial charge < -0.3 is 89.9 Å². The van der Waals surface area contributed by atoms with Crippen molar-refractivity contribution in [3.63, 3.8) is 0 Å². The topological polar surface area (TPSA) is 307 Å². The summed E-state index contributed by atoms with van der Waals surface area (Å²) < 4.78 is 33.9. The number of carbonyl (C=O) groups is 1. The minimum Gasteiger partial charge on any atom is -0.394 e. The molecule has 19 nitrogen and oxygen atoms in total. The zero-order chi connectivity index (χ0) is 46.3. The fraction of sp³-hybridized carbons (Fsp3) is 0.932. The molecule has 0 radical (unpaired) electrons. The smallest absolute Gasteiger partial charge is 0.220 e. The van der Waals surface area contributed by atoms with Gasteiger partial charge >= 0.3 is 0 Å². The summed E-state index contributed by atoms with van der Waals surface area (Å²) in [5, 5.41) is 119. The number of ether oxygens (including phenoxy) is 6. The summed E-state index contributed by atoms with van der Waals surface area (Å²) in [5.74, 6) is -0.264. The summed E-state index contributed by atoms with van der Waals surface area (Å²) in [5.41, 5.74) is 0. The molecule has 0 saturated carbocycles. The lowest BCUT2D eigenvalue weighted by molar-refractivity contribution is -0.379. The van der Waals surface area contributed by atoms with Gasteiger partial charge in [-0.1, -0.05) is 96.6 Å². The lowest BCUT2D eigenvalue weighted by atomic mass is 9.96. The molecule has 12 N–H and O–H groups in total. The first-order chi connectivity index (χ1) is 30.3.